The maximum absolute atomic E-state index is 15.1. The molecular formula is C59H96O27. The molecular weight excluding hydrogens is 1140 g/mol. The highest BCUT2D eigenvalue weighted by molar-refractivity contribution is 5.79. The standard InChI is InChI=1S/C59H96O27/c1-24-34(64)46(84-49-43(73)40(70)37(67)29(20-61)81-49)45(75)51(79-24)85-47-35(65)27(63)21-77-52(47)83-33-11-12-55(4)31(56(33,5)23-62)10-13-58(7)32(55)9-8-25-26-18-54(2,3)14-16-59(26,17-15-57(25,58)6)53(76)86-50-44(74)41(71)38(68)30(82-50)22-78-48-42(72)39(69)36(66)28(19-60)80-48/h8,24,26-52,60-75H,9-23H2,1-7H3/t24-,26-,27-,28+,29+,30+,31+,32+,33-,34-,35-,36+,37+,38+,39-,40-,41-,42+,43+,44+,45+,46+,47+,48+,49-,50-,51-,52-,55-,56-,57+,58+,59-/m1/s1. The zero-order valence-electron chi connectivity index (χ0n) is 50.0. The van der Waals surface area contributed by atoms with Gasteiger partial charge in [-0.25, -0.2) is 0 Å². The molecule has 5 aliphatic heterocycles. The number of esters is 1. The Morgan fingerprint density at radius 2 is 1.13 bits per heavy atom. The smallest absolute Gasteiger partial charge is 0.315 e. The van der Waals surface area contributed by atoms with Gasteiger partial charge in [-0.15, -0.1) is 0 Å². The van der Waals surface area contributed by atoms with Crippen LogP contribution >= 0.6 is 0 Å². The van der Waals surface area contributed by atoms with Crippen LogP contribution in [0.25, 0.3) is 0 Å². The number of ether oxygens (including phenoxy) is 10. The molecule has 10 aliphatic rings. The minimum absolute atomic E-state index is 0.0885. The molecule has 0 aromatic carbocycles. The lowest BCUT2D eigenvalue weighted by Gasteiger charge is -2.71. The molecule has 5 aliphatic carbocycles. The van der Waals surface area contributed by atoms with Gasteiger partial charge in [-0.1, -0.05) is 53.2 Å². The van der Waals surface area contributed by atoms with Gasteiger partial charge < -0.3 is 129 Å². The molecule has 86 heavy (non-hydrogen) atoms. The van der Waals surface area contributed by atoms with Crippen LogP contribution in [0.4, 0.5) is 0 Å². The second-order valence-electron chi connectivity index (χ2n) is 28.5. The molecule has 4 saturated carbocycles. The van der Waals surface area contributed by atoms with Crippen molar-refractivity contribution < 1.29 is 134 Å². The zero-order chi connectivity index (χ0) is 62.7. The first-order valence-electron chi connectivity index (χ1n) is 30.8. The quantitative estimate of drug-likeness (QED) is 0.0454. The van der Waals surface area contributed by atoms with Crippen LogP contribution in [0.15, 0.2) is 11.6 Å². The summed E-state index contributed by atoms with van der Waals surface area (Å²) in [6.45, 7) is 12.1. The number of aliphatic hydroxyl groups is 16. The Kier molecular flexibility index (Phi) is 19.4. The summed E-state index contributed by atoms with van der Waals surface area (Å²) in [5.41, 5.74) is -2.07. The Morgan fingerprint density at radius 1 is 0.558 bits per heavy atom. The van der Waals surface area contributed by atoms with E-state index in [1.807, 2.05) is 6.92 Å². The van der Waals surface area contributed by atoms with E-state index in [0.717, 1.165) is 6.42 Å². The first kappa shape index (κ1) is 67.1. The van der Waals surface area contributed by atoms with Crippen molar-refractivity contribution in [3.05, 3.63) is 11.6 Å². The summed E-state index contributed by atoms with van der Waals surface area (Å²) < 4.78 is 59.5. The third-order valence-electron chi connectivity index (χ3n) is 23.2. The lowest BCUT2D eigenvalue weighted by Crippen LogP contribution is -2.67. The van der Waals surface area contributed by atoms with Crippen molar-refractivity contribution in [2.45, 2.75) is 266 Å². The second kappa shape index (κ2) is 24.9. The third kappa shape index (κ3) is 11.2. The van der Waals surface area contributed by atoms with Gasteiger partial charge in [-0.2, -0.15) is 0 Å². The fourth-order valence-corrected chi connectivity index (χ4v) is 17.6. The molecule has 0 bridgehead atoms. The van der Waals surface area contributed by atoms with Crippen molar-refractivity contribution in [1.82, 2.24) is 0 Å². The molecule has 0 aromatic rings. The topological polar surface area (TPSA) is 433 Å². The van der Waals surface area contributed by atoms with Gasteiger partial charge in [0.05, 0.1) is 50.7 Å². The molecule has 10 rings (SSSR count). The van der Waals surface area contributed by atoms with Crippen LogP contribution in [0.2, 0.25) is 0 Å². The van der Waals surface area contributed by atoms with Crippen molar-refractivity contribution in [3.63, 3.8) is 0 Å². The van der Waals surface area contributed by atoms with Gasteiger partial charge in [0.25, 0.3) is 0 Å². The Labute approximate surface area is 499 Å². The van der Waals surface area contributed by atoms with Crippen molar-refractivity contribution in [3.8, 4) is 0 Å². The van der Waals surface area contributed by atoms with Crippen LogP contribution in [0.3, 0.4) is 0 Å². The van der Waals surface area contributed by atoms with E-state index in [4.69, 9.17) is 47.4 Å². The van der Waals surface area contributed by atoms with E-state index in [2.05, 4.69) is 40.7 Å². The molecule has 5 heterocycles. The van der Waals surface area contributed by atoms with Crippen LogP contribution in [-0.4, -0.2) is 274 Å². The molecule has 0 amide bonds. The van der Waals surface area contributed by atoms with Gasteiger partial charge in [-0.3, -0.25) is 4.79 Å². The van der Waals surface area contributed by atoms with Crippen LogP contribution in [0, 0.1) is 50.2 Å². The van der Waals surface area contributed by atoms with E-state index in [-0.39, 0.29) is 47.2 Å². The Balaban J connectivity index is 0.849. The molecule has 0 aromatic heterocycles. The van der Waals surface area contributed by atoms with Crippen LogP contribution in [0.5, 0.6) is 0 Å². The monoisotopic (exact) mass is 1240 g/mol. The third-order valence-corrected chi connectivity index (χ3v) is 23.2. The summed E-state index contributed by atoms with van der Waals surface area (Å²) in [4.78, 5) is 15.1. The highest BCUT2D eigenvalue weighted by Gasteiger charge is 2.71. The summed E-state index contributed by atoms with van der Waals surface area (Å²) in [6, 6.07) is 0. The Morgan fingerprint density at radius 3 is 1.77 bits per heavy atom. The molecule has 16 N–H and O–H groups in total. The molecule has 27 heteroatoms. The maximum atomic E-state index is 15.1. The van der Waals surface area contributed by atoms with Gasteiger partial charge >= 0.3 is 5.97 Å². The Bertz CT molecular complexity index is 2380. The van der Waals surface area contributed by atoms with E-state index < -0.39 is 196 Å². The minimum Gasteiger partial charge on any atom is -0.432 e. The van der Waals surface area contributed by atoms with Crippen molar-refractivity contribution in [1.29, 1.82) is 0 Å². The predicted octanol–water partition coefficient (Wildman–Crippen LogP) is -3.57. The zero-order valence-corrected chi connectivity index (χ0v) is 50.0. The number of carbonyl (C=O) groups is 1. The van der Waals surface area contributed by atoms with Gasteiger partial charge in [0.1, 0.15) is 110 Å². The van der Waals surface area contributed by atoms with E-state index >= 15 is 4.79 Å². The highest BCUT2D eigenvalue weighted by atomic mass is 16.8. The number of hydrogen-bond acceptors (Lipinski definition) is 27. The van der Waals surface area contributed by atoms with Gasteiger partial charge in [0, 0.05) is 5.41 Å². The highest BCUT2D eigenvalue weighted by Crippen LogP contribution is 2.76. The van der Waals surface area contributed by atoms with E-state index in [9.17, 15) is 81.7 Å². The van der Waals surface area contributed by atoms with Gasteiger partial charge in [0.2, 0.25) is 6.29 Å². The number of hydrogen-bond donors (Lipinski definition) is 16. The number of carbonyl (C=O) groups excluding carboxylic acids is 1. The van der Waals surface area contributed by atoms with E-state index in [1.54, 1.807) is 0 Å². The molecule has 5 saturated heterocycles. The fraction of sp³-hybridized carbons (Fsp3) is 0.949. The molecule has 9 fully saturated rings. The molecule has 0 radical (unpaired) electrons. The van der Waals surface area contributed by atoms with Crippen LogP contribution in [-0.2, 0) is 52.2 Å². The molecule has 33 atom stereocenters. The SMILES string of the molecule is C[C@H]1O[C@H](O[C@@H]2[C@@H](O[C@@H]3CC[C@]4(C)[C@H](CC[C@@]5(C)[C@H]4CC=C4[C@H]6CC(C)(C)CC[C@@]6(C(=O)O[C@H]6O[C@@H](CO[C@H]7O[C@@H](CO)[C@H](O)[C@@H](O)[C@@H]7O)[C@H](O)[C@@H](O)[C@@H]6O)CC[C@@]45C)[C@@]3(C)CO)OC[C@@H](O)[C@H]2O)[C@@H](O)[C@@H](O[C@H]2O[C@@H](CO)[C@H](O)[C@@H](O)[C@@H]2O)[C@@H]1O. The fourth-order valence-electron chi connectivity index (χ4n) is 17.6. The van der Waals surface area contributed by atoms with Crippen molar-refractivity contribution in [2.75, 3.05) is 33.0 Å². The summed E-state index contributed by atoms with van der Waals surface area (Å²) in [7, 11) is 0. The average Bonchev–Trinajstić information content (AvgIpc) is 0.689. The number of rotatable bonds is 14. The molecule has 0 spiro atoms. The van der Waals surface area contributed by atoms with E-state index in [0.29, 0.717) is 57.8 Å². The predicted molar refractivity (Wildman–Crippen MR) is 289 cm³/mol. The lowest BCUT2D eigenvalue weighted by molar-refractivity contribution is -0.383. The van der Waals surface area contributed by atoms with E-state index in [1.165, 1.54) is 12.5 Å². The minimum atomic E-state index is -1.87. The molecule has 494 valence electrons. The summed E-state index contributed by atoms with van der Waals surface area (Å²) in [5.74, 6) is -0.929. The van der Waals surface area contributed by atoms with Crippen molar-refractivity contribution in [2.24, 2.45) is 50.2 Å². The largest absolute Gasteiger partial charge is 0.432 e. The maximum Gasteiger partial charge on any atom is 0.315 e. The van der Waals surface area contributed by atoms with Crippen LogP contribution < -0.4 is 0 Å². The van der Waals surface area contributed by atoms with Gasteiger partial charge in [-0.05, 0) is 111 Å². The lowest BCUT2D eigenvalue weighted by atomic mass is 9.33. The average molecular weight is 1240 g/mol. The molecule has 27 nitrogen and oxygen atoms in total. The molecule has 0 unspecified atom stereocenters. The summed E-state index contributed by atoms with van der Waals surface area (Å²) in [5, 5.41) is 172. The van der Waals surface area contributed by atoms with Crippen LogP contribution in [0.1, 0.15) is 113 Å². The second-order valence-corrected chi connectivity index (χ2v) is 28.5. The summed E-state index contributed by atoms with van der Waals surface area (Å²) in [6.07, 6.45) is -31.4. The number of allylic oxidation sites excluding steroid dienone is 2. The first-order chi connectivity index (χ1) is 40.4. The normalized spacial score (nSPS) is 54.8. The first-order valence-corrected chi connectivity index (χ1v) is 30.8. The number of fused-ring (bicyclic) bond motifs is 7. The Hall–Kier alpha value is -1.79. The van der Waals surface area contributed by atoms with Gasteiger partial charge in [0.15, 0.2) is 25.2 Å². The summed E-state index contributed by atoms with van der Waals surface area (Å²) >= 11 is 0. The number of aliphatic hydroxyl groups excluding tert-OH is 16. The van der Waals surface area contributed by atoms with Crippen molar-refractivity contribution >= 4 is 5.97 Å².